The first-order valence-corrected chi connectivity index (χ1v) is 6.43. The third-order valence-electron chi connectivity index (χ3n) is 3.03. The lowest BCUT2D eigenvalue weighted by atomic mass is 10.0. The maximum atomic E-state index is 12.9. The minimum atomic E-state index is -0.450. The summed E-state index contributed by atoms with van der Waals surface area (Å²) in [5.41, 5.74) is 8.32. The molecule has 0 aliphatic rings. The van der Waals surface area contributed by atoms with Crippen LogP contribution in [-0.2, 0) is 6.54 Å². The van der Waals surface area contributed by atoms with Crippen molar-refractivity contribution in [3.8, 4) is 0 Å². The number of aryl methyl sites for hydroxylation is 1. The second-order valence-electron chi connectivity index (χ2n) is 4.48. The predicted octanol–water partition coefficient (Wildman–Crippen LogP) is 3.50. The third-order valence-corrected chi connectivity index (χ3v) is 3.34. The van der Waals surface area contributed by atoms with Crippen LogP contribution in [0, 0.1) is 12.7 Å². The number of carbonyl (C=O) groups excluding carboxylic acids is 1. The fourth-order valence-corrected chi connectivity index (χ4v) is 2.10. The molecule has 0 aromatic heterocycles. The molecule has 1 amide bonds. The number of rotatable bonds is 4. The molecule has 0 aliphatic carbocycles. The van der Waals surface area contributed by atoms with E-state index in [-0.39, 0.29) is 5.82 Å². The van der Waals surface area contributed by atoms with Crippen LogP contribution in [0.4, 0.5) is 10.1 Å². The average molecular weight is 293 g/mol. The summed E-state index contributed by atoms with van der Waals surface area (Å²) >= 11 is 5.94. The van der Waals surface area contributed by atoms with Gasteiger partial charge in [-0.25, -0.2) is 4.39 Å². The van der Waals surface area contributed by atoms with Crippen molar-refractivity contribution in [2.24, 2.45) is 5.73 Å². The minimum Gasteiger partial charge on any atom is -0.380 e. The highest BCUT2D eigenvalue weighted by molar-refractivity contribution is 6.33. The van der Waals surface area contributed by atoms with E-state index in [0.29, 0.717) is 22.8 Å². The van der Waals surface area contributed by atoms with Gasteiger partial charge < -0.3 is 11.1 Å². The highest BCUT2D eigenvalue weighted by Gasteiger charge is 2.06. The van der Waals surface area contributed by atoms with Crippen molar-refractivity contribution in [2.45, 2.75) is 13.5 Å². The van der Waals surface area contributed by atoms with Gasteiger partial charge in [0.05, 0.1) is 10.7 Å². The molecular formula is C15H14ClFN2O. The topological polar surface area (TPSA) is 55.1 Å². The van der Waals surface area contributed by atoms with Gasteiger partial charge in [0.15, 0.2) is 0 Å². The van der Waals surface area contributed by atoms with E-state index in [9.17, 15) is 9.18 Å². The summed E-state index contributed by atoms with van der Waals surface area (Å²) in [6.07, 6.45) is 0. The number of benzene rings is 2. The van der Waals surface area contributed by atoms with Gasteiger partial charge in [0, 0.05) is 12.1 Å². The highest BCUT2D eigenvalue weighted by Crippen LogP contribution is 2.23. The van der Waals surface area contributed by atoms with Crippen LogP contribution in [0.2, 0.25) is 5.02 Å². The standard InChI is InChI=1S/C15H14ClFN2O/c1-9-6-10(15(18)20)2-3-11(9)8-19-14-5-4-12(17)7-13(14)16/h2-7,19H,8H2,1H3,(H2,18,20). The molecule has 0 fully saturated rings. The van der Waals surface area contributed by atoms with Crippen LogP contribution in [0.3, 0.4) is 0 Å². The first-order chi connectivity index (χ1) is 9.47. The second kappa shape index (κ2) is 5.92. The van der Waals surface area contributed by atoms with Crippen LogP contribution in [0.5, 0.6) is 0 Å². The lowest BCUT2D eigenvalue weighted by Crippen LogP contribution is -2.11. The zero-order valence-corrected chi connectivity index (χ0v) is 11.7. The van der Waals surface area contributed by atoms with E-state index in [0.717, 1.165) is 11.1 Å². The molecule has 3 nitrogen and oxygen atoms in total. The summed E-state index contributed by atoms with van der Waals surface area (Å²) in [5, 5.41) is 3.46. The molecule has 0 atom stereocenters. The van der Waals surface area contributed by atoms with Crippen LogP contribution in [0.15, 0.2) is 36.4 Å². The molecule has 2 aromatic rings. The molecule has 0 bridgehead atoms. The van der Waals surface area contributed by atoms with Crippen molar-refractivity contribution in [3.63, 3.8) is 0 Å². The van der Waals surface area contributed by atoms with Crippen molar-refractivity contribution < 1.29 is 9.18 Å². The van der Waals surface area contributed by atoms with E-state index in [1.807, 2.05) is 13.0 Å². The quantitative estimate of drug-likeness (QED) is 0.906. The first kappa shape index (κ1) is 14.3. The summed E-state index contributed by atoms with van der Waals surface area (Å²) in [7, 11) is 0. The molecule has 2 rings (SSSR count). The van der Waals surface area contributed by atoms with Crippen molar-refractivity contribution >= 4 is 23.2 Å². The predicted molar refractivity (Wildman–Crippen MR) is 78.4 cm³/mol. The van der Waals surface area contributed by atoms with Crippen molar-refractivity contribution in [2.75, 3.05) is 5.32 Å². The van der Waals surface area contributed by atoms with Crippen LogP contribution in [0.1, 0.15) is 21.5 Å². The van der Waals surface area contributed by atoms with Crippen LogP contribution >= 0.6 is 11.6 Å². The van der Waals surface area contributed by atoms with Gasteiger partial charge in [0.2, 0.25) is 5.91 Å². The molecule has 0 aliphatic heterocycles. The van der Waals surface area contributed by atoms with Crippen LogP contribution < -0.4 is 11.1 Å². The summed E-state index contributed by atoms with van der Waals surface area (Å²) in [6.45, 7) is 2.42. The van der Waals surface area contributed by atoms with Gasteiger partial charge >= 0.3 is 0 Å². The first-order valence-electron chi connectivity index (χ1n) is 6.05. The number of halogens is 2. The van der Waals surface area contributed by atoms with E-state index >= 15 is 0 Å². The maximum absolute atomic E-state index is 12.9. The molecule has 0 spiro atoms. The molecule has 0 saturated carbocycles. The molecule has 2 aromatic carbocycles. The smallest absolute Gasteiger partial charge is 0.248 e. The van der Waals surface area contributed by atoms with Crippen molar-refractivity contribution in [1.82, 2.24) is 0 Å². The zero-order valence-electron chi connectivity index (χ0n) is 10.9. The molecule has 0 unspecified atom stereocenters. The minimum absolute atomic E-state index is 0.330. The van der Waals surface area contributed by atoms with E-state index in [1.165, 1.54) is 12.1 Å². The van der Waals surface area contributed by atoms with Crippen LogP contribution in [0.25, 0.3) is 0 Å². The molecule has 0 heterocycles. The highest BCUT2D eigenvalue weighted by atomic mass is 35.5. The molecule has 20 heavy (non-hydrogen) atoms. The number of nitrogens with two attached hydrogens (primary N) is 1. The van der Waals surface area contributed by atoms with Gasteiger partial charge in [0.1, 0.15) is 5.82 Å². The number of hydrogen-bond acceptors (Lipinski definition) is 2. The number of nitrogens with one attached hydrogen (secondary N) is 1. The fraction of sp³-hybridized carbons (Fsp3) is 0.133. The SMILES string of the molecule is Cc1cc(C(N)=O)ccc1CNc1ccc(F)cc1Cl. The fourth-order valence-electron chi connectivity index (χ4n) is 1.87. The molecule has 104 valence electrons. The summed E-state index contributed by atoms with van der Waals surface area (Å²) in [6, 6.07) is 9.44. The summed E-state index contributed by atoms with van der Waals surface area (Å²) in [4.78, 5) is 11.1. The normalized spacial score (nSPS) is 10.3. The van der Waals surface area contributed by atoms with E-state index < -0.39 is 5.91 Å². The number of carbonyl (C=O) groups is 1. The Morgan fingerprint density at radius 2 is 2.05 bits per heavy atom. The molecular weight excluding hydrogens is 279 g/mol. The number of amides is 1. The van der Waals surface area contributed by atoms with Gasteiger partial charge in [-0.3, -0.25) is 4.79 Å². The third kappa shape index (κ3) is 3.27. The zero-order chi connectivity index (χ0) is 14.7. The molecule has 0 radical (unpaired) electrons. The molecule has 3 N–H and O–H groups in total. The lowest BCUT2D eigenvalue weighted by molar-refractivity contribution is 0.1000. The molecule has 0 saturated heterocycles. The van der Waals surface area contributed by atoms with E-state index in [4.69, 9.17) is 17.3 Å². The largest absolute Gasteiger partial charge is 0.380 e. The average Bonchev–Trinajstić information content (AvgIpc) is 2.38. The Bertz CT molecular complexity index is 658. The van der Waals surface area contributed by atoms with Crippen LogP contribution in [-0.4, -0.2) is 5.91 Å². The lowest BCUT2D eigenvalue weighted by Gasteiger charge is -2.11. The Balaban J connectivity index is 2.13. The Kier molecular flexibility index (Phi) is 4.25. The maximum Gasteiger partial charge on any atom is 0.248 e. The Morgan fingerprint density at radius 1 is 1.30 bits per heavy atom. The van der Waals surface area contributed by atoms with Crippen molar-refractivity contribution in [3.05, 3.63) is 63.9 Å². The number of anilines is 1. The Labute approximate surface area is 121 Å². The van der Waals surface area contributed by atoms with Gasteiger partial charge in [0.25, 0.3) is 0 Å². The van der Waals surface area contributed by atoms with E-state index in [2.05, 4.69) is 5.32 Å². The monoisotopic (exact) mass is 292 g/mol. The summed E-state index contributed by atoms with van der Waals surface area (Å²) in [5.74, 6) is -0.822. The molecule has 5 heteroatoms. The summed E-state index contributed by atoms with van der Waals surface area (Å²) < 4.78 is 12.9. The van der Waals surface area contributed by atoms with Gasteiger partial charge in [-0.05, 0) is 48.4 Å². The van der Waals surface area contributed by atoms with Gasteiger partial charge in [-0.15, -0.1) is 0 Å². The van der Waals surface area contributed by atoms with Gasteiger partial charge in [-0.2, -0.15) is 0 Å². The van der Waals surface area contributed by atoms with E-state index in [1.54, 1.807) is 18.2 Å². The van der Waals surface area contributed by atoms with Gasteiger partial charge in [-0.1, -0.05) is 17.7 Å². The second-order valence-corrected chi connectivity index (χ2v) is 4.89. The number of hydrogen-bond donors (Lipinski definition) is 2. The Morgan fingerprint density at radius 3 is 2.65 bits per heavy atom. The number of primary amides is 1. The van der Waals surface area contributed by atoms with Crippen molar-refractivity contribution in [1.29, 1.82) is 0 Å². The Hall–Kier alpha value is -2.07.